The van der Waals surface area contributed by atoms with E-state index in [9.17, 15) is 9.59 Å². The van der Waals surface area contributed by atoms with E-state index in [-0.39, 0.29) is 6.54 Å². The van der Waals surface area contributed by atoms with Crippen molar-refractivity contribution in [2.75, 3.05) is 11.9 Å². The summed E-state index contributed by atoms with van der Waals surface area (Å²) in [5, 5.41) is 5.27. The van der Waals surface area contributed by atoms with Gasteiger partial charge in [0.1, 0.15) is 5.75 Å². The zero-order chi connectivity index (χ0) is 14.0. The lowest BCUT2D eigenvalue weighted by Crippen LogP contribution is -2.58. The van der Waals surface area contributed by atoms with Crippen LogP contribution in [-0.4, -0.2) is 24.0 Å². The highest BCUT2D eigenvalue weighted by Crippen LogP contribution is 2.34. The van der Waals surface area contributed by atoms with Crippen LogP contribution in [0.5, 0.6) is 5.75 Å². The maximum absolute atomic E-state index is 12.1. The lowest BCUT2D eigenvalue weighted by Gasteiger charge is -2.33. The van der Waals surface area contributed by atoms with Crippen LogP contribution < -0.4 is 15.4 Å². The molecule has 0 radical (unpaired) electrons. The van der Waals surface area contributed by atoms with Gasteiger partial charge >= 0.3 is 0 Å². The third-order valence-corrected chi connectivity index (χ3v) is 2.97. The molecule has 1 unspecified atom stereocenters. The Labute approximate surface area is 111 Å². The molecule has 0 aliphatic carbocycles. The van der Waals surface area contributed by atoms with Gasteiger partial charge in [-0.25, -0.2) is 0 Å². The van der Waals surface area contributed by atoms with Gasteiger partial charge in [0.05, 0.1) is 5.69 Å². The summed E-state index contributed by atoms with van der Waals surface area (Å²) < 4.78 is 5.59. The molecule has 2 amide bonds. The summed E-state index contributed by atoms with van der Waals surface area (Å²) in [6.45, 7) is 7.15. The number of carbonyl (C=O) groups is 2. The molecule has 0 spiro atoms. The van der Waals surface area contributed by atoms with Gasteiger partial charge in [0.25, 0.3) is 17.4 Å². The maximum Gasteiger partial charge on any atom is 0.278 e. The first kappa shape index (κ1) is 13.1. The van der Waals surface area contributed by atoms with E-state index in [0.717, 1.165) is 5.56 Å². The molecule has 1 atom stereocenters. The first-order valence-corrected chi connectivity index (χ1v) is 5.97. The summed E-state index contributed by atoms with van der Waals surface area (Å²) in [4.78, 5) is 24.1. The monoisotopic (exact) mass is 260 g/mol. The molecular formula is C14H16N2O3. The van der Waals surface area contributed by atoms with E-state index in [0.29, 0.717) is 11.4 Å². The summed E-state index contributed by atoms with van der Waals surface area (Å²) in [5.74, 6) is -0.482. The lowest BCUT2D eigenvalue weighted by molar-refractivity contribution is -0.146. The van der Waals surface area contributed by atoms with Gasteiger partial charge in [0.2, 0.25) is 0 Å². The zero-order valence-corrected chi connectivity index (χ0v) is 10.9. The predicted octanol–water partition coefficient (Wildman–Crippen LogP) is 1.39. The number of anilines is 1. The van der Waals surface area contributed by atoms with E-state index in [1.54, 1.807) is 18.2 Å². The van der Waals surface area contributed by atoms with Crippen LogP contribution in [-0.2, 0) is 9.59 Å². The van der Waals surface area contributed by atoms with Crippen LogP contribution in [0.15, 0.2) is 30.9 Å². The Morgan fingerprint density at radius 1 is 1.58 bits per heavy atom. The fourth-order valence-corrected chi connectivity index (χ4v) is 1.82. The summed E-state index contributed by atoms with van der Waals surface area (Å²) in [6.07, 6.45) is 1.54. The van der Waals surface area contributed by atoms with E-state index in [1.165, 1.54) is 6.92 Å². The molecule has 1 aliphatic heterocycles. The zero-order valence-electron chi connectivity index (χ0n) is 10.9. The highest BCUT2D eigenvalue weighted by atomic mass is 16.5. The van der Waals surface area contributed by atoms with Crippen molar-refractivity contribution in [3.63, 3.8) is 0 Å². The Morgan fingerprint density at radius 3 is 3.00 bits per heavy atom. The number of nitrogens with one attached hydrogen (secondary N) is 2. The SMILES string of the molecule is C=CCNC(=O)C1(C)Oc2ccc(C)cc2NC1=O. The lowest BCUT2D eigenvalue weighted by atomic mass is 10.0. The Kier molecular flexibility index (Phi) is 3.29. The minimum absolute atomic E-state index is 0.284. The average molecular weight is 260 g/mol. The summed E-state index contributed by atoms with van der Waals surface area (Å²) in [7, 11) is 0. The molecular weight excluding hydrogens is 244 g/mol. The topological polar surface area (TPSA) is 67.4 Å². The second-order valence-electron chi connectivity index (χ2n) is 4.59. The van der Waals surface area contributed by atoms with Crippen molar-refractivity contribution in [3.05, 3.63) is 36.4 Å². The standard InChI is InChI=1S/C14H16N2O3/c1-4-7-15-12(17)14(3)13(18)16-10-8-9(2)5-6-11(10)19-14/h4-6,8H,1,7H2,2-3H3,(H,15,17)(H,16,18). The van der Waals surface area contributed by atoms with E-state index >= 15 is 0 Å². The molecule has 2 rings (SSSR count). The largest absolute Gasteiger partial charge is 0.466 e. The first-order chi connectivity index (χ1) is 8.97. The molecule has 0 saturated carbocycles. The summed E-state index contributed by atoms with van der Waals surface area (Å²) >= 11 is 0. The molecule has 0 fully saturated rings. The van der Waals surface area contributed by atoms with E-state index < -0.39 is 17.4 Å². The Morgan fingerprint density at radius 2 is 2.32 bits per heavy atom. The molecule has 1 heterocycles. The van der Waals surface area contributed by atoms with Crippen LogP contribution in [0.1, 0.15) is 12.5 Å². The van der Waals surface area contributed by atoms with Crippen LogP contribution in [0.25, 0.3) is 0 Å². The third-order valence-electron chi connectivity index (χ3n) is 2.97. The number of benzene rings is 1. The highest BCUT2D eigenvalue weighted by molar-refractivity contribution is 6.15. The molecule has 1 aromatic carbocycles. The minimum atomic E-state index is -1.56. The van der Waals surface area contributed by atoms with Crippen molar-refractivity contribution in [2.45, 2.75) is 19.4 Å². The normalized spacial score (nSPS) is 20.8. The molecule has 5 heteroatoms. The van der Waals surface area contributed by atoms with Crippen LogP contribution in [0.2, 0.25) is 0 Å². The van der Waals surface area contributed by atoms with Crippen molar-refractivity contribution in [3.8, 4) is 5.75 Å². The summed E-state index contributed by atoms with van der Waals surface area (Å²) in [6, 6.07) is 5.40. The van der Waals surface area contributed by atoms with Crippen molar-refractivity contribution < 1.29 is 14.3 Å². The van der Waals surface area contributed by atoms with Gasteiger partial charge in [-0.05, 0) is 31.5 Å². The molecule has 2 N–H and O–H groups in total. The number of hydrogen-bond acceptors (Lipinski definition) is 3. The Hall–Kier alpha value is -2.30. The molecule has 19 heavy (non-hydrogen) atoms. The number of ether oxygens (including phenoxy) is 1. The van der Waals surface area contributed by atoms with Crippen molar-refractivity contribution in [2.24, 2.45) is 0 Å². The fraction of sp³-hybridized carbons (Fsp3) is 0.286. The van der Waals surface area contributed by atoms with Gasteiger partial charge in [-0.2, -0.15) is 0 Å². The molecule has 0 saturated heterocycles. The quantitative estimate of drug-likeness (QED) is 0.637. The van der Waals surface area contributed by atoms with Crippen LogP contribution in [0, 0.1) is 6.92 Å². The summed E-state index contributed by atoms with van der Waals surface area (Å²) in [5.41, 5.74) is 0.0204. The number of carbonyl (C=O) groups excluding carboxylic acids is 2. The van der Waals surface area contributed by atoms with E-state index in [4.69, 9.17) is 4.74 Å². The first-order valence-electron chi connectivity index (χ1n) is 5.97. The fourth-order valence-electron chi connectivity index (χ4n) is 1.82. The smallest absolute Gasteiger partial charge is 0.278 e. The second kappa shape index (κ2) is 4.76. The number of fused-ring (bicyclic) bond motifs is 1. The van der Waals surface area contributed by atoms with Crippen LogP contribution in [0.3, 0.4) is 0 Å². The van der Waals surface area contributed by atoms with Gasteiger partial charge in [-0.15, -0.1) is 6.58 Å². The highest BCUT2D eigenvalue weighted by Gasteiger charge is 2.46. The van der Waals surface area contributed by atoms with Crippen molar-refractivity contribution >= 4 is 17.5 Å². The molecule has 100 valence electrons. The third kappa shape index (κ3) is 2.31. The van der Waals surface area contributed by atoms with Gasteiger partial charge < -0.3 is 15.4 Å². The van der Waals surface area contributed by atoms with Gasteiger partial charge in [-0.3, -0.25) is 9.59 Å². The average Bonchev–Trinajstić information content (AvgIpc) is 2.37. The number of hydrogen-bond donors (Lipinski definition) is 2. The molecule has 1 aromatic rings. The van der Waals surface area contributed by atoms with Gasteiger partial charge in [0.15, 0.2) is 0 Å². The predicted molar refractivity (Wildman–Crippen MR) is 72.0 cm³/mol. The Bertz CT molecular complexity index is 554. The van der Waals surface area contributed by atoms with Crippen LogP contribution >= 0.6 is 0 Å². The molecule has 5 nitrogen and oxygen atoms in total. The second-order valence-corrected chi connectivity index (χ2v) is 4.59. The van der Waals surface area contributed by atoms with Gasteiger partial charge in [-0.1, -0.05) is 12.1 Å². The number of amides is 2. The van der Waals surface area contributed by atoms with Gasteiger partial charge in [0, 0.05) is 6.54 Å². The Balaban J connectivity index is 2.30. The van der Waals surface area contributed by atoms with E-state index in [1.807, 2.05) is 13.0 Å². The van der Waals surface area contributed by atoms with Crippen molar-refractivity contribution in [1.82, 2.24) is 5.32 Å². The van der Waals surface area contributed by atoms with Crippen molar-refractivity contribution in [1.29, 1.82) is 0 Å². The van der Waals surface area contributed by atoms with E-state index in [2.05, 4.69) is 17.2 Å². The molecule has 0 bridgehead atoms. The maximum atomic E-state index is 12.1. The number of aryl methyl sites for hydroxylation is 1. The molecule has 1 aliphatic rings. The minimum Gasteiger partial charge on any atom is -0.466 e. The molecule has 0 aromatic heterocycles. The number of rotatable bonds is 3. The van der Waals surface area contributed by atoms with Crippen LogP contribution in [0.4, 0.5) is 5.69 Å².